The smallest absolute Gasteiger partial charge is 0.176 e. The molecule has 0 amide bonds. The van der Waals surface area contributed by atoms with E-state index in [1.807, 2.05) is 60.5 Å². The van der Waals surface area contributed by atoms with Crippen molar-refractivity contribution < 1.29 is 4.79 Å². The number of carbonyl (C=O) groups excluding carboxylic acids is 1. The molecule has 0 fully saturated rings. The van der Waals surface area contributed by atoms with Crippen LogP contribution >= 0.6 is 0 Å². The quantitative estimate of drug-likeness (QED) is 0.780. The molecule has 0 aromatic heterocycles. The van der Waals surface area contributed by atoms with Gasteiger partial charge in [-0.15, -0.1) is 0 Å². The fourth-order valence-electron chi connectivity index (χ4n) is 2.07. The molecule has 0 aliphatic carbocycles. The number of likely N-dealkylation sites (N-methyl/N-ethyl adjacent to an activating group) is 1. The van der Waals surface area contributed by atoms with Crippen LogP contribution in [0.25, 0.3) is 0 Å². The largest absolute Gasteiger partial charge is 0.295 e. The summed E-state index contributed by atoms with van der Waals surface area (Å²) in [5.41, 5.74) is 2.41. The normalized spacial score (nSPS) is 10.2. The molecule has 20 heavy (non-hydrogen) atoms. The molecule has 0 radical (unpaired) electrons. The number of rotatable bonds is 5. The number of ketones is 1. The van der Waals surface area contributed by atoms with Crippen molar-refractivity contribution in [3.05, 3.63) is 71.3 Å². The third kappa shape index (κ3) is 3.78. The van der Waals surface area contributed by atoms with E-state index < -0.39 is 0 Å². The molecule has 0 spiro atoms. The van der Waals surface area contributed by atoms with Crippen molar-refractivity contribution in [1.82, 2.24) is 4.90 Å². The molecular weight excluding hydrogens is 248 g/mol. The molecule has 0 aliphatic heterocycles. The molecule has 0 N–H and O–H groups in total. The van der Waals surface area contributed by atoms with Gasteiger partial charge in [-0.05, 0) is 24.7 Å². The first-order valence-electron chi connectivity index (χ1n) is 6.45. The Labute approximate surface area is 119 Å². The van der Waals surface area contributed by atoms with Gasteiger partial charge < -0.3 is 0 Å². The van der Waals surface area contributed by atoms with Gasteiger partial charge in [0.05, 0.1) is 18.2 Å². The second-order valence-electron chi connectivity index (χ2n) is 4.77. The number of hydrogen-bond donors (Lipinski definition) is 0. The van der Waals surface area contributed by atoms with Gasteiger partial charge in [0.25, 0.3) is 0 Å². The molecule has 0 saturated carbocycles. The summed E-state index contributed by atoms with van der Waals surface area (Å²) in [5.74, 6) is 0.101. The molecule has 0 unspecified atom stereocenters. The highest BCUT2D eigenvalue weighted by Gasteiger charge is 2.09. The summed E-state index contributed by atoms with van der Waals surface area (Å²) in [6, 6.07) is 18.9. The Kier molecular flexibility index (Phi) is 4.65. The number of Topliss-reactive ketones (excluding diaryl/α,β-unsaturated/α-hetero) is 1. The Balaban J connectivity index is 1.97. The second kappa shape index (κ2) is 6.65. The Morgan fingerprint density at radius 1 is 1.15 bits per heavy atom. The van der Waals surface area contributed by atoms with E-state index in [4.69, 9.17) is 5.26 Å². The van der Waals surface area contributed by atoms with Crippen molar-refractivity contribution >= 4 is 5.78 Å². The lowest BCUT2D eigenvalue weighted by molar-refractivity contribution is 0.0943. The highest BCUT2D eigenvalue weighted by atomic mass is 16.1. The van der Waals surface area contributed by atoms with Gasteiger partial charge in [-0.1, -0.05) is 42.5 Å². The Bertz CT molecular complexity index is 629. The predicted molar refractivity (Wildman–Crippen MR) is 78.3 cm³/mol. The summed E-state index contributed by atoms with van der Waals surface area (Å²) in [7, 11) is 1.90. The summed E-state index contributed by atoms with van der Waals surface area (Å²) in [6.45, 7) is 1.01. The minimum Gasteiger partial charge on any atom is -0.295 e. The monoisotopic (exact) mass is 264 g/mol. The van der Waals surface area contributed by atoms with Gasteiger partial charge >= 0.3 is 0 Å². The van der Waals surface area contributed by atoms with E-state index in [2.05, 4.69) is 6.07 Å². The van der Waals surface area contributed by atoms with Gasteiger partial charge in [0.15, 0.2) is 5.78 Å². The highest BCUT2D eigenvalue weighted by molar-refractivity contribution is 5.97. The molecule has 3 heteroatoms. The van der Waals surface area contributed by atoms with Gasteiger partial charge in [0.2, 0.25) is 0 Å². The molecule has 2 aromatic carbocycles. The Hall–Kier alpha value is -2.44. The summed E-state index contributed by atoms with van der Waals surface area (Å²) < 4.78 is 0. The minimum absolute atomic E-state index is 0.101. The zero-order valence-electron chi connectivity index (χ0n) is 11.4. The van der Waals surface area contributed by atoms with E-state index in [1.54, 1.807) is 6.07 Å². The van der Waals surface area contributed by atoms with Crippen molar-refractivity contribution in [1.29, 1.82) is 5.26 Å². The zero-order chi connectivity index (χ0) is 14.4. The van der Waals surface area contributed by atoms with Gasteiger partial charge in [-0.2, -0.15) is 5.26 Å². The van der Waals surface area contributed by atoms with E-state index in [0.29, 0.717) is 18.7 Å². The standard InChI is InChI=1S/C17H16N2O/c1-19(12-15-7-5-6-14(10-15)11-18)13-17(20)16-8-3-2-4-9-16/h2-10H,12-13H2,1H3. The van der Waals surface area contributed by atoms with Crippen molar-refractivity contribution in [2.24, 2.45) is 0 Å². The Morgan fingerprint density at radius 2 is 1.90 bits per heavy atom. The van der Waals surface area contributed by atoms with Gasteiger partial charge in [-0.3, -0.25) is 9.69 Å². The molecule has 2 rings (SSSR count). The lowest BCUT2D eigenvalue weighted by atomic mass is 10.1. The van der Waals surface area contributed by atoms with Crippen LogP contribution in [-0.2, 0) is 6.54 Å². The van der Waals surface area contributed by atoms with E-state index >= 15 is 0 Å². The fraction of sp³-hybridized carbons (Fsp3) is 0.176. The number of hydrogen-bond acceptors (Lipinski definition) is 3. The molecule has 0 atom stereocenters. The average Bonchev–Trinajstić information content (AvgIpc) is 2.48. The lowest BCUT2D eigenvalue weighted by Gasteiger charge is -2.16. The highest BCUT2D eigenvalue weighted by Crippen LogP contribution is 2.08. The first-order valence-corrected chi connectivity index (χ1v) is 6.45. The average molecular weight is 264 g/mol. The summed E-state index contributed by atoms with van der Waals surface area (Å²) in [6.07, 6.45) is 0. The summed E-state index contributed by atoms with van der Waals surface area (Å²) >= 11 is 0. The zero-order valence-corrected chi connectivity index (χ0v) is 11.4. The minimum atomic E-state index is 0.101. The van der Waals surface area contributed by atoms with E-state index in [1.165, 1.54) is 0 Å². The molecule has 0 heterocycles. The summed E-state index contributed by atoms with van der Waals surface area (Å²) in [4.78, 5) is 14.0. The molecule has 0 aliphatic rings. The maximum absolute atomic E-state index is 12.1. The number of carbonyl (C=O) groups is 1. The molecular formula is C17H16N2O. The van der Waals surface area contributed by atoms with E-state index in [0.717, 1.165) is 11.1 Å². The predicted octanol–water partition coefficient (Wildman–Crippen LogP) is 2.87. The fourth-order valence-corrected chi connectivity index (χ4v) is 2.07. The maximum atomic E-state index is 12.1. The van der Waals surface area contributed by atoms with Crippen molar-refractivity contribution in [3.63, 3.8) is 0 Å². The number of nitrogens with zero attached hydrogens (tertiary/aromatic N) is 2. The van der Waals surface area contributed by atoms with Crippen molar-refractivity contribution in [2.75, 3.05) is 13.6 Å². The molecule has 100 valence electrons. The van der Waals surface area contributed by atoms with Gasteiger partial charge in [0, 0.05) is 12.1 Å². The molecule has 2 aromatic rings. The van der Waals surface area contributed by atoms with E-state index in [9.17, 15) is 4.79 Å². The van der Waals surface area contributed by atoms with Crippen LogP contribution in [0.4, 0.5) is 0 Å². The first kappa shape index (κ1) is 14.0. The molecule has 0 bridgehead atoms. The van der Waals surface area contributed by atoms with E-state index in [-0.39, 0.29) is 5.78 Å². The first-order chi connectivity index (χ1) is 9.69. The lowest BCUT2D eigenvalue weighted by Crippen LogP contribution is -2.25. The number of benzene rings is 2. The van der Waals surface area contributed by atoms with Crippen LogP contribution < -0.4 is 0 Å². The Morgan fingerprint density at radius 3 is 2.60 bits per heavy atom. The summed E-state index contributed by atoms with van der Waals surface area (Å²) in [5, 5.41) is 8.87. The van der Waals surface area contributed by atoms with Crippen LogP contribution in [0.3, 0.4) is 0 Å². The molecule has 0 saturated heterocycles. The SMILES string of the molecule is CN(CC(=O)c1ccccc1)Cc1cccc(C#N)c1. The second-order valence-corrected chi connectivity index (χ2v) is 4.77. The molecule has 3 nitrogen and oxygen atoms in total. The number of nitriles is 1. The topological polar surface area (TPSA) is 44.1 Å². The maximum Gasteiger partial charge on any atom is 0.176 e. The van der Waals surface area contributed by atoms with Crippen LogP contribution in [0.2, 0.25) is 0 Å². The van der Waals surface area contributed by atoms with Crippen LogP contribution in [0.15, 0.2) is 54.6 Å². The van der Waals surface area contributed by atoms with Crippen LogP contribution in [-0.4, -0.2) is 24.3 Å². The van der Waals surface area contributed by atoms with Gasteiger partial charge in [0.1, 0.15) is 0 Å². The van der Waals surface area contributed by atoms with Crippen LogP contribution in [0.5, 0.6) is 0 Å². The van der Waals surface area contributed by atoms with Crippen molar-refractivity contribution in [2.45, 2.75) is 6.54 Å². The van der Waals surface area contributed by atoms with Crippen molar-refractivity contribution in [3.8, 4) is 6.07 Å². The van der Waals surface area contributed by atoms with Crippen LogP contribution in [0.1, 0.15) is 21.5 Å². The van der Waals surface area contributed by atoms with Crippen LogP contribution in [0, 0.1) is 11.3 Å². The third-order valence-electron chi connectivity index (χ3n) is 3.02. The third-order valence-corrected chi connectivity index (χ3v) is 3.02. The van der Waals surface area contributed by atoms with Gasteiger partial charge in [-0.25, -0.2) is 0 Å².